The summed E-state index contributed by atoms with van der Waals surface area (Å²) in [4.78, 5) is 18.2. The molecule has 2 aromatic rings. The third kappa shape index (κ3) is 6.12. The van der Waals surface area contributed by atoms with Crippen LogP contribution in [0, 0.1) is 0 Å². The number of likely N-dealkylation sites (N-methyl/N-ethyl adjacent to an activating group) is 1. The van der Waals surface area contributed by atoms with E-state index in [1.54, 1.807) is 7.11 Å². The lowest BCUT2D eigenvalue weighted by molar-refractivity contribution is -0.154. The van der Waals surface area contributed by atoms with Crippen LogP contribution in [0.3, 0.4) is 0 Å². The molecule has 2 rings (SSSR count). The molecule has 0 bridgehead atoms. The number of aromatic nitrogens is 1. The van der Waals surface area contributed by atoms with E-state index in [1.807, 2.05) is 43.3 Å². The summed E-state index contributed by atoms with van der Waals surface area (Å²) < 4.78 is 47.0. The van der Waals surface area contributed by atoms with Gasteiger partial charge in [-0.05, 0) is 43.9 Å². The molecule has 1 aromatic carbocycles. The Hall–Kier alpha value is -2.81. The normalized spacial score (nSPS) is 12.5. The minimum absolute atomic E-state index is 0.0565. The predicted octanol–water partition coefficient (Wildman–Crippen LogP) is 3.06. The quantitative estimate of drug-likeness (QED) is 0.742. The molecule has 1 amide bonds. The van der Waals surface area contributed by atoms with Gasteiger partial charge in [-0.15, -0.1) is 0 Å². The van der Waals surface area contributed by atoms with Gasteiger partial charge in [0.25, 0.3) is 5.91 Å². The van der Waals surface area contributed by atoms with Gasteiger partial charge in [0, 0.05) is 12.7 Å². The number of nitrogens with zero attached hydrogens (tertiary/aromatic N) is 2. The molecule has 152 valence electrons. The van der Waals surface area contributed by atoms with E-state index < -0.39 is 18.7 Å². The number of benzene rings is 1. The smallest absolute Gasteiger partial charge is 0.422 e. The van der Waals surface area contributed by atoms with Crippen LogP contribution in [0.15, 0.2) is 42.6 Å². The van der Waals surface area contributed by atoms with Gasteiger partial charge in [0.2, 0.25) is 5.88 Å². The molecular weight excluding hydrogens is 375 g/mol. The molecule has 0 saturated heterocycles. The molecule has 0 aliphatic rings. The number of methoxy groups -OCH3 is 1. The molecule has 0 saturated carbocycles. The SMILES string of the molecule is COc1ccc(C(CNC(=O)c2cccnc2OCC(F)(F)F)N(C)C)cc1. The van der Waals surface area contributed by atoms with Crippen molar-refractivity contribution in [3.8, 4) is 11.6 Å². The Bertz CT molecular complexity index is 780. The van der Waals surface area contributed by atoms with Crippen LogP contribution in [0.4, 0.5) is 13.2 Å². The van der Waals surface area contributed by atoms with E-state index in [-0.39, 0.29) is 24.0 Å². The van der Waals surface area contributed by atoms with Crippen LogP contribution >= 0.6 is 0 Å². The zero-order chi connectivity index (χ0) is 20.7. The first-order valence-corrected chi connectivity index (χ1v) is 8.44. The van der Waals surface area contributed by atoms with Gasteiger partial charge in [-0.2, -0.15) is 13.2 Å². The topological polar surface area (TPSA) is 63.7 Å². The summed E-state index contributed by atoms with van der Waals surface area (Å²) in [6.45, 7) is -1.28. The largest absolute Gasteiger partial charge is 0.497 e. The van der Waals surface area contributed by atoms with Crippen molar-refractivity contribution >= 4 is 5.91 Å². The Labute approximate surface area is 161 Å². The molecule has 0 aliphatic carbocycles. The summed E-state index contributed by atoms with van der Waals surface area (Å²) >= 11 is 0. The van der Waals surface area contributed by atoms with Gasteiger partial charge in [-0.3, -0.25) is 4.79 Å². The predicted molar refractivity (Wildman–Crippen MR) is 97.5 cm³/mol. The highest BCUT2D eigenvalue weighted by molar-refractivity contribution is 5.96. The molecule has 0 spiro atoms. The molecule has 1 unspecified atom stereocenters. The number of carbonyl (C=O) groups is 1. The van der Waals surface area contributed by atoms with Gasteiger partial charge in [-0.25, -0.2) is 4.98 Å². The number of nitrogens with one attached hydrogen (secondary N) is 1. The standard InChI is InChI=1S/C19H22F3N3O3/c1-25(2)16(13-6-8-14(27-3)9-7-13)11-24-17(26)15-5-4-10-23-18(15)28-12-19(20,21)22/h4-10,16H,11-12H2,1-3H3,(H,24,26). The second-order valence-corrected chi connectivity index (χ2v) is 6.22. The molecule has 1 atom stereocenters. The number of hydrogen-bond acceptors (Lipinski definition) is 5. The zero-order valence-corrected chi connectivity index (χ0v) is 15.8. The Morgan fingerprint density at radius 1 is 1.21 bits per heavy atom. The maximum absolute atomic E-state index is 12.5. The van der Waals surface area contributed by atoms with Crippen LogP contribution < -0.4 is 14.8 Å². The molecular formula is C19H22F3N3O3. The van der Waals surface area contributed by atoms with Crippen molar-refractivity contribution in [2.24, 2.45) is 0 Å². The highest BCUT2D eigenvalue weighted by Gasteiger charge is 2.29. The molecule has 0 radical (unpaired) electrons. The number of rotatable bonds is 8. The van der Waals surface area contributed by atoms with E-state index >= 15 is 0 Å². The summed E-state index contributed by atoms with van der Waals surface area (Å²) in [6.07, 6.45) is -3.25. The van der Waals surface area contributed by atoms with E-state index in [0.717, 1.165) is 5.56 Å². The van der Waals surface area contributed by atoms with Gasteiger partial charge in [0.1, 0.15) is 11.3 Å². The molecule has 0 aliphatic heterocycles. The fourth-order valence-electron chi connectivity index (χ4n) is 2.54. The summed E-state index contributed by atoms with van der Waals surface area (Å²) in [5, 5.41) is 2.73. The van der Waals surface area contributed by atoms with Crippen molar-refractivity contribution in [3.63, 3.8) is 0 Å². The van der Waals surface area contributed by atoms with Crippen molar-refractivity contribution < 1.29 is 27.4 Å². The zero-order valence-electron chi connectivity index (χ0n) is 15.8. The summed E-state index contributed by atoms with van der Waals surface area (Å²) in [5.41, 5.74) is 0.893. The number of hydrogen-bond donors (Lipinski definition) is 1. The highest BCUT2D eigenvalue weighted by atomic mass is 19.4. The second-order valence-electron chi connectivity index (χ2n) is 6.22. The van der Waals surface area contributed by atoms with Gasteiger partial charge < -0.3 is 19.7 Å². The number of amides is 1. The lowest BCUT2D eigenvalue weighted by Crippen LogP contribution is -2.35. The number of ether oxygens (including phenoxy) is 2. The number of pyridine rings is 1. The Morgan fingerprint density at radius 2 is 1.89 bits per heavy atom. The Morgan fingerprint density at radius 3 is 2.46 bits per heavy atom. The fourth-order valence-corrected chi connectivity index (χ4v) is 2.54. The van der Waals surface area contributed by atoms with Crippen molar-refractivity contribution in [3.05, 3.63) is 53.7 Å². The van der Waals surface area contributed by atoms with Gasteiger partial charge in [0.15, 0.2) is 6.61 Å². The van der Waals surface area contributed by atoms with Crippen LogP contribution in [-0.2, 0) is 0 Å². The lowest BCUT2D eigenvalue weighted by atomic mass is 10.1. The Kier molecular flexibility index (Phi) is 7.22. The first-order valence-electron chi connectivity index (χ1n) is 8.44. The fraction of sp³-hybridized carbons (Fsp3) is 0.368. The lowest BCUT2D eigenvalue weighted by Gasteiger charge is -2.25. The third-order valence-electron chi connectivity index (χ3n) is 3.97. The Balaban J connectivity index is 2.08. The van der Waals surface area contributed by atoms with Crippen molar-refractivity contribution in [2.45, 2.75) is 12.2 Å². The first kappa shape index (κ1) is 21.5. The third-order valence-corrected chi connectivity index (χ3v) is 3.97. The second kappa shape index (κ2) is 9.41. The monoisotopic (exact) mass is 397 g/mol. The molecule has 6 nitrogen and oxygen atoms in total. The van der Waals surface area contributed by atoms with Crippen LogP contribution in [0.1, 0.15) is 22.0 Å². The molecule has 1 heterocycles. The van der Waals surface area contributed by atoms with Crippen molar-refractivity contribution in [1.82, 2.24) is 15.2 Å². The maximum atomic E-state index is 12.5. The first-order chi connectivity index (χ1) is 13.2. The summed E-state index contributed by atoms with van der Waals surface area (Å²) in [5.74, 6) is -0.207. The van der Waals surface area contributed by atoms with Crippen LogP contribution in [0.5, 0.6) is 11.6 Å². The molecule has 0 fully saturated rings. The van der Waals surface area contributed by atoms with E-state index in [0.29, 0.717) is 5.75 Å². The van der Waals surface area contributed by atoms with E-state index in [1.165, 1.54) is 18.3 Å². The van der Waals surface area contributed by atoms with Crippen LogP contribution in [0.2, 0.25) is 0 Å². The summed E-state index contributed by atoms with van der Waals surface area (Å²) in [6, 6.07) is 10.1. The van der Waals surface area contributed by atoms with E-state index in [2.05, 4.69) is 15.0 Å². The minimum atomic E-state index is -4.52. The number of alkyl halides is 3. The molecule has 1 N–H and O–H groups in total. The number of carbonyl (C=O) groups excluding carboxylic acids is 1. The van der Waals surface area contributed by atoms with Gasteiger partial charge >= 0.3 is 6.18 Å². The minimum Gasteiger partial charge on any atom is -0.497 e. The van der Waals surface area contributed by atoms with Gasteiger partial charge in [-0.1, -0.05) is 12.1 Å². The van der Waals surface area contributed by atoms with Crippen LogP contribution in [-0.4, -0.2) is 56.3 Å². The van der Waals surface area contributed by atoms with Crippen molar-refractivity contribution in [1.29, 1.82) is 0 Å². The van der Waals surface area contributed by atoms with E-state index in [9.17, 15) is 18.0 Å². The average Bonchev–Trinajstić information content (AvgIpc) is 2.66. The highest BCUT2D eigenvalue weighted by Crippen LogP contribution is 2.22. The maximum Gasteiger partial charge on any atom is 0.422 e. The molecule has 1 aromatic heterocycles. The number of halogens is 3. The van der Waals surface area contributed by atoms with Gasteiger partial charge in [0.05, 0.1) is 13.2 Å². The summed E-state index contributed by atoms with van der Waals surface area (Å²) in [7, 11) is 5.30. The van der Waals surface area contributed by atoms with E-state index in [4.69, 9.17) is 4.74 Å². The van der Waals surface area contributed by atoms with Crippen molar-refractivity contribution in [2.75, 3.05) is 34.4 Å². The average molecular weight is 397 g/mol. The van der Waals surface area contributed by atoms with Crippen LogP contribution in [0.25, 0.3) is 0 Å². The molecule has 9 heteroatoms. The molecule has 28 heavy (non-hydrogen) atoms.